The smallest absolute Gasteiger partial charge is 0.258 e. The van der Waals surface area contributed by atoms with Crippen LogP contribution >= 0.6 is 27.3 Å². The molecule has 2 rings (SSSR count). The maximum absolute atomic E-state index is 13.2. The SMILES string of the molecule is CCCCCc1nnc(NC(=O)c2cc(F)ccc2Br)s1. The fourth-order valence-corrected chi connectivity index (χ4v) is 2.97. The predicted octanol–water partition coefficient (Wildman–Crippen LogP) is 4.42. The van der Waals surface area contributed by atoms with Crippen LogP contribution in [-0.2, 0) is 6.42 Å². The first kappa shape index (κ1) is 16.0. The highest BCUT2D eigenvalue weighted by molar-refractivity contribution is 9.10. The summed E-state index contributed by atoms with van der Waals surface area (Å²) in [6, 6.07) is 3.97. The molecule has 1 N–H and O–H groups in total. The third-order valence-corrected chi connectivity index (χ3v) is 4.44. The molecule has 0 unspecified atom stereocenters. The zero-order valence-electron chi connectivity index (χ0n) is 11.5. The summed E-state index contributed by atoms with van der Waals surface area (Å²) >= 11 is 4.58. The average Bonchev–Trinajstić information content (AvgIpc) is 2.89. The van der Waals surface area contributed by atoms with Gasteiger partial charge in [0, 0.05) is 10.9 Å². The molecule has 4 nitrogen and oxygen atoms in total. The number of aryl methyl sites for hydroxylation is 1. The molecule has 0 atom stereocenters. The number of carbonyl (C=O) groups is 1. The van der Waals surface area contributed by atoms with E-state index in [4.69, 9.17) is 0 Å². The maximum Gasteiger partial charge on any atom is 0.258 e. The summed E-state index contributed by atoms with van der Waals surface area (Å²) < 4.78 is 13.7. The monoisotopic (exact) mass is 371 g/mol. The van der Waals surface area contributed by atoms with Crippen LogP contribution in [0.3, 0.4) is 0 Å². The molecule has 0 spiro atoms. The quantitative estimate of drug-likeness (QED) is 0.764. The zero-order chi connectivity index (χ0) is 15.2. The molecular formula is C14H15BrFN3OS. The number of nitrogens with zero attached hydrogens (tertiary/aromatic N) is 2. The van der Waals surface area contributed by atoms with Crippen molar-refractivity contribution >= 4 is 38.3 Å². The molecule has 0 aliphatic rings. The molecule has 0 aliphatic heterocycles. The highest BCUT2D eigenvalue weighted by Gasteiger charge is 2.14. The van der Waals surface area contributed by atoms with E-state index in [1.54, 1.807) is 0 Å². The molecule has 0 saturated heterocycles. The van der Waals surface area contributed by atoms with Crippen molar-refractivity contribution in [3.8, 4) is 0 Å². The lowest BCUT2D eigenvalue weighted by Crippen LogP contribution is -2.12. The van der Waals surface area contributed by atoms with E-state index in [9.17, 15) is 9.18 Å². The van der Waals surface area contributed by atoms with E-state index in [1.807, 2.05) is 0 Å². The highest BCUT2D eigenvalue weighted by atomic mass is 79.9. The van der Waals surface area contributed by atoms with Gasteiger partial charge in [0.2, 0.25) is 5.13 Å². The Bertz CT molecular complexity index is 632. The van der Waals surface area contributed by atoms with Gasteiger partial charge in [0.05, 0.1) is 5.56 Å². The van der Waals surface area contributed by atoms with E-state index in [-0.39, 0.29) is 5.56 Å². The molecule has 112 valence electrons. The third kappa shape index (κ3) is 4.57. The number of hydrogen-bond donors (Lipinski definition) is 1. The van der Waals surface area contributed by atoms with Crippen molar-refractivity contribution in [2.24, 2.45) is 0 Å². The van der Waals surface area contributed by atoms with Crippen LogP contribution in [0.4, 0.5) is 9.52 Å². The van der Waals surface area contributed by atoms with E-state index < -0.39 is 11.7 Å². The molecule has 7 heteroatoms. The van der Waals surface area contributed by atoms with Gasteiger partial charge in [0.25, 0.3) is 5.91 Å². The van der Waals surface area contributed by atoms with Crippen LogP contribution in [0.1, 0.15) is 41.6 Å². The van der Waals surface area contributed by atoms with Crippen LogP contribution in [0.25, 0.3) is 0 Å². The number of aromatic nitrogens is 2. The zero-order valence-corrected chi connectivity index (χ0v) is 13.9. The van der Waals surface area contributed by atoms with Gasteiger partial charge >= 0.3 is 0 Å². The number of hydrogen-bond acceptors (Lipinski definition) is 4. The van der Waals surface area contributed by atoms with Crippen molar-refractivity contribution in [1.29, 1.82) is 0 Å². The second-order valence-corrected chi connectivity index (χ2v) is 6.45. The molecule has 0 bridgehead atoms. The molecule has 1 aromatic carbocycles. The first-order valence-electron chi connectivity index (χ1n) is 6.69. The van der Waals surface area contributed by atoms with Gasteiger partial charge in [0.1, 0.15) is 10.8 Å². The Morgan fingerprint density at radius 3 is 2.95 bits per heavy atom. The Kier molecular flexibility index (Phi) is 5.81. The van der Waals surface area contributed by atoms with Crippen LogP contribution in [0.5, 0.6) is 0 Å². The first-order chi connectivity index (χ1) is 10.1. The summed E-state index contributed by atoms with van der Waals surface area (Å²) in [6.45, 7) is 2.14. The average molecular weight is 372 g/mol. The van der Waals surface area contributed by atoms with Gasteiger partial charge in [-0.15, -0.1) is 10.2 Å². The molecule has 1 heterocycles. The molecular weight excluding hydrogens is 357 g/mol. The number of amides is 1. The first-order valence-corrected chi connectivity index (χ1v) is 8.30. The van der Waals surface area contributed by atoms with Crippen molar-refractivity contribution in [3.05, 3.63) is 39.1 Å². The number of nitrogens with one attached hydrogen (secondary N) is 1. The van der Waals surface area contributed by atoms with Crippen molar-refractivity contribution in [3.63, 3.8) is 0 Å². The molecule has 0 aliphatic carbocycles. The predicted molar refractivity (Wildman–Crippen MR) is 85.2 cm³/mol. The Labute approximate surface area is 134 Å². The number of anilines is 1. The molecule has 0 saturated carbocycles. The Balaban J connectivity index is 2.01. The minimum absolute atomic E-state index is 0.234. The van der Waals surface area contributed by atoms with E-state index >= 15 is 0 Å². The van der Waals surface area contributed by atoms with E-state index in [2.05, 4.69) is 38.4 Å². The normalized spacial score (nSPS) is 10.6. The summed E-state index contributed by atoms with van der Waals surface area (Å²) in [5.41, 5.74) is 0.234. The van der Waals surface area contributed by atoms with Crippen LogP contribution < -0.4 is 5.32 Å². The second kappa shape index (κ2) is 7.61. The van der Waals surface area contributed by atoms with E-state index in [1.165, 1.54) is 29.5 Å². The number of unbranched alkanes of at least 4 members (excludes halogenated alkanes) is 2. The van der Waals surface area contributed by atoms with Crippen LogP contribution in [-0.4, -0.2) is 16.1 Å². The van der Waals surface area contributed by atoms with Crippen molar-refractivity contribution in [2.75, 3.05) is 5.32 Å². The molecule has 21 heavy (non-hydrogen) atoms. The Hall–Kier alpha value is -1.34. The molecule has 2 aromatic rings. The van der Waals surface area contributed by atoms with Gasteiger partial charge in [-0.2, -0.15) is 0 Å². The van der Waals surface area contributed by atoms with E-state index in [0.29, 0.717) is 9.60 Å². The number of carbonyl (C=O) groups excluding carboxylic acids is 1. The second-order valence-electron chi connectivity index (χ2n) is 4.54. The van der Waals surface area contributed by atoms with Gasteiger partial charge < -0.3 is 0 Å². The fraction of sp³-hybridized carbons (Fsp3) is 0.357. The number of benzene rings is 1. The van der Waals surface area contributed by atoms with Crippen molar-refractivity contribution in [2.45, 2.75) is 32.6 Å². The van der Waals surface area contributed by atoms with Gasteiger partial charge in [-0.1, -0.05) is 31.1 Å². The minimum atomic E-state index is -0.458. The van der Waals surface area contributed by atoms with Gasteiger partial charge in [-0.25, -0.2) is 4.39 Å². The van der Waals surface area contributed by atoms with Gasteiger partial charge in [-0.3, -0.25) is 10.1 Å². The number of halogens is 2. The molecule has 0 radical (unpaired) electrons. The van der Waals surface area contributed by atoms with Crippen molar-refractivity contribution < 1.29 is 9.18 Å². The number of rotatable bonds is 6. The maximum atomic E-state index is 13.2. The molecule has 1 aromatic heterocycles. The van der Waals surface area contributed by atoms with Crippen LogP contribution in [0.15, 0.2) is 22.7 Å². The lowest BCUT2D eigenvalue weighted by Gasteiger charge is -2.03. The third-order valence-electron chi connectivity index (χ3n) is 2.85. The van der Waals surface area contributed by atoms with Gasteiger partial charge in [-0.05, 0) is 40.5 Å². The molecule has 1 amide bonds. The lowest BCUT2D eigenvalue weighted by atomic mass is 10.2. The highest BCUT2D eigenvalue weighted by Crippen LogP contribution is 2.22. The van der Waals surface area contributed by atoms with E-state index in [0.717, 1.165) is 30.7 Å². The summed E-state index contributed by atoms with van der Waals surface area (Å²) in [5, 5.41) is 12.0. The fourth-order valence-electron chi connectivity index (χ4n) is 1.77. The Morgan fingerprint density at radius 1 is 1.38 bits per heavy atom. The van der Waals surface area contributed by atoms with Crippen LogP contribution in [0.2, 0.25) is 0 Å². The van der Waals surface area contributed by atoms with Crippen LogP contribution in [0, 0.1) is 5.82 Å². The van der Waals surface area contributed by atoms with Gasteiger partial charge in [0.15, 0.2) is 0 Å². The minimum Gasteiger partial charge on any atom is -0.296 e. The summed E-state index contributed by atoms with van der Waals surface area (Å²) in [4.78, 5) is 12.1. The summed E-state index contributed by atoms with van der Waals surface area (Å²) in [7, 11) is 0. The Morgan fingerprint density at radius 2 is 2.19 bits per heavy atom. The van der Waals surface area contributed by atoms with Crippen molar-refractivity contribution in [1.82, 2.24) is 10.2 Å². The lowest BCUT2D eigenvalue weighted by molar-refractivity contribution is 0.102. The largest absolute Gasteiger partial charge is 0.296 e. The summed E-state index contributed by atoms with van der Waals surface area (Å²) in [6.07, 6.45) is 4.23. The topological polar surface area (TPSA) is 54.9 Å². The summed E-state index contributed by atoms with van der Waals surface area (Å²) in [5.74, 6) is -0.862. The molecule has 0 fully saturated rings. The standard InChI is InChI=1S/C14H15BrFN3OS/c1-2-3-4-5-12-18-19-14(21-12)17-13(20)10-8-9(16)6-7-11(10)15/h6-8H,2-5H2,1H3,(H,17,19,20).